The van der Waals surface area contributed by atoms with Gasteiger partial charge in [-0.05, 0) is 62.4 Å². The Labute approximate surface area is 203 Å². The van der Waals surface area contributed by atoms with Gasteiger partial charge < -0.3 is 25.6 Å². The van der Waals surface area contributed by atoms with E-state index in [0.717, 1.165) is 44.7 Å². The Kier molecular flexibility index (Phi) is 8.19. The number of amides is 2. The molecule has 0 radical (unpaired) electrons. The first-order chi connectivity index (χ1) is 17.0. The molecule has 0 saturated carbocycles. The number of carbonyl (C=O) groups is 3. The first-order valence-electron chi connectivity index (χ1n) is 12.0. The van der Waals surface area contributed by atoms with Crippen molar-refractivity contribution in [3.63, 3.8) is 0 Å². The zero-order chi connectivity index (χ0) is 24.6. The Morgan fingerprint density at radius 2 is 2.06 bits per heavy atom. The van der Waals surface area contributed by atoms with Gasteiger partial charge in [0.25, 0.3) is 0 Å². The minimum Gasteiger partial charge on any atom is -0.480 e. The number of nitrogens with zero attached hydrogens (tertiary/aromatic N) is 4. The van der Waals surface area contributed by atoms with Crippen LogP contribution in [-0.4, -0.2) is 68.3 Å². The van der Waals surface area contributed by atoms with E-state index in [1.807, 2.05) is 10.6 Å². The Hall–Kier alpha value is -3.60. The molecule has 11 heteroatoms. The van der Waals surface area contributed by atoms with Gasteiger partial charge in [0.2, 0.25) is 11.8 Å². The first kappa shape index (κ1) is 24.5. The molecular formula is C24H31N7O4. The van der Waals surface area contributed by atoms with Crippen LogP contribution in [0.2, 0.25) is 0 Å². The van der Waals surface area contributed by atoms with Crippen LogP contribution < -0.4 is 16.0 Å². The monoisotopic (exact) mass is 481 g/mol. The first-order valence-corrected chi connectivity index (χ1v) is 12.0. The van der Waals surface area contributed by atoms with E-state index in [1.54, 1.807) is 24.5 Å². The molecule has 1 fully saturated rings. The van der Waals surface area contributed by atoms with Crippen LogP contribution in [0.1, 0.15) is 48.8 Å². The van der Waals surface area contributed by atoms with Crippen LogP contribution in [0.3, 0.4) is 0 Å². The van der Waals surface area contributed by atoms with Gasteiger partial charge in [-0.1, -0.05) is 12.1 Å². The molecule has 35 heavy (non-hydrogen) atoms. The second-order valence-corrected chi connectivity index (χ2v) is 8.95. The lowest BCUT2D eigenvalue weighted by molar-refractivity contribution is -0.141. The number of carboxylic acid groups (broad SMARTS) is 1. The zero-order valence-corrected chi connectivity index (χ0v) is 19.5. The van der Waals surface area contributed by atoms with Crippen LogP contribution in [0.25, 0.3) is 6.08 Å². The molecule has 4 rings (SSSR count). The molecule has 2 atom stereocenters. The minimum atomic E-state index is -1.24. The lowest BCUT2D eigenvalue weighted by atomic mass is 9.97. The maximum absolute atomic E-state index is 12.9. The van der Waals surface area contributed by atoms with Crippen molar-refractivity contribution in [1.82, 2.24) is 35.7 Å². The average molecular weight is 482 g/mol. The summed E-state index contributed by atoms with van der Waals surface area (Å²) in [6, 6.07) is 2.20. The fourth-order valence-electron chi connectivity index (χ4n) is 4.49. The second-order valence-electron chi connectivity index (χ2n) is 8.95. The number of fused-ring (bicyclic) bond motifs is 1. The molecule has 4 heterocycles. The van der Waals surface area contributed by atoms with Gasteiger partial charge in [0, 0.05) is 25.5 Å². The molecule has 11 nitrogen and oxygen atoms in total. The molecule has 1 unspecified atom stereocenters. The van der Waals surface area contributed by atoms with Gasteiger partial charge in [-0.15, -0.1) is 10.2 Å². The number of hydrogen-bond acceptors (Lipinski definition) is 7. The fraction of sp³-hybridized carbons (Fsp3) is 0.500. The van der Waals surface area contributed by atoms with Gasteiger partial charge in [-0.2, -0.15) is 0 Å². The van der Waals surface area contributed by atoms with Crippen molar-refractivity contribution in [2.75, 3.05) is 19.6 Å². The van der Waals surface area contributed by atoms with E-state index in [1.165, 1.54) is 0 Å². The summed E-state index contributed by atoms with van der Waals surface area (Å²) < 4.78 is 1.97. The summed E-state index contributed by atoms with van der Waals surface area (Å²) in [7, 11) is 0. The highest BCUT2D eigenvalue weighted by molar-refractivity contribution is 5.87. The van der Waals surface area contributed by atoms with E-state index < -0.39 is 23.8 Å². The molecule has 0 bridgehead atoms. The number of aliphatic carboxylic acids is 1. The van der Waals surface area contributed by atoms with Crippen molar-refractivity contribution >= 4 is 23.9 Å². The largest absolute Gasteiger partial charge is 0.480 e. The van der Waals surface area contributed by atoms with E-state index >= 15 is 0 Å². The molecule has 186 valence electrons. The predicted octanol–water partition coefficient (Wildman–Crippen LogP) is 0.492. The van der Waals surface area contributed by atoms with Gasteiger partial charge in [0.1, 0.15) is 11.9 Å². The van der Waals surface area contributed by atoms with E-state index in [4.69, 9.17) is 0 Å². The lowest BCUT2D eigenvalue weighted by Crippen LogP contribution is -2.49. The van der Waals surface area contributed by atoms with Crippen molar-refractivity contribution in [3.05, 3.63) is 47.8 Å². The number of pyridine rings is 1. The highest BCUT2D eigenvalue weighted by atomic mass is 16.4. The second kappa shape index (κ2) is 11.7. The third kappa shape index (κ3) is 6.50. The summed E-state index contributed by atoms with van der Waals surface area (Å²) in [5, 5.41) is 26.6. The molecule has 1 saturated heterocycles. The number of allylic oxidation sites excluding steroid dienone is 1. The summed E-state index contributed by atoms with van der Waals surface area (Å²) in [6.07, 6.45) is 10.9. The summed E-state index contributed by atoms with van der Waals surface area (Å²) in [4.78, 5) is 40.8. The Balaban J connectivity index is 1.34. The van der Waals surface area contributed by atoms with Gasteiger partial charge in [-0.3, -0.25) is 14.6 Å². The molecule has 0 spiro atoms. The molecule has 4 N–H and O–H groups in total. The van der Waals surface area contributed by atoms with Crippen LogP contribution >= 0.6 is 0 Å². The fourth-order valence-corrected chi connectivity index (χ4v) is 4.49. The number of carboxylic acids is 1. The van der Waals surface area contributed by atoms with Gasteiger partial charge in [-0.25, -0.2) is 4.79 Å². The standard InChI is InChI=1S/C24H31N7O4/c32-21(13-17-3-1-9-26-14-17)28-19(24(34)35)15-27-23(33)18-4-2-12-31-20(29-30-22(18)31)6-5-16-7-10-25-11-8-16/h1,3,5-6,9,14,16,18-19,25H,2,4,7-8,10-13,15H2,(H,27,33)(H,28,32)(H,34,35)/b6-5+/t18?,19-/m0/s1. The van der Waals surface area contributed by atoms with Crippen molar-refractivity contribution < 1.29 is 19.5 Å². The van der Waals surface area contributed by atoms with Gasteiger partial charge in [0.15, 0.2) is 5.82 Å². The SMILES string of the molecule is O=C(Cc1cccnc1)N[C@@H](CNC(=O)C1CCCn2c(/C=C/C3CCNCC3)nnc21)C(=O)O. The van der Waals surface area contributed by atoms with E-state index in [0.29, 0.717) is 23.7 Å². The Morgan fingerprint density at radius 1 is 1.23 bits per heavy atom. The van der Waals surface area contributed by atoms with Crippen molar-refractivity contribution in [3.8, 4) is 0 Å². The number of aromatic nitrogens is 4. The summed E-state index contributed by atoms with van der Waals surface area (Å²) in [6.45, 7) is 2.53. The number of piperidine rings is 1. The van der Waals surface area contributed by atoms with E-state index in [-0.39, 0.29) is 18.9 Å². The number of hydrogen-bond donors (Lipinski definition) is 4. The predicted molar refractivity (Wildman–Crippen MR) is 127 cm³/mol. The number of carbonyl (C=O) groups excluding carboxylic acids is 2. The van der Waals surface area contributed by atoms with Crippen LogP contribution in [0.4, 0.5) is 0 Å². The van der Waals surface area contributed by atoms with Crippen LogP contribution in [0.15, 0.2) is 30.6 Å². The molecule has 2 aromatic rings. The maximum atomic E-state index is 12.9. The summed E-state index contributed by atoms with van der Waals surface area (Å²) >= 11 is 0. The Bertz CT molecular complexity index is 1060. The van der Waals surface area contributed by atoms with Crippen molar-refractivity contribution in [2.45, 2.75) is 50.6 Å². The third-order valence-corrected chi connectivity index (χ3v) is 6.41. The normalized spacial score (nSPS) is 19.1. The number of nitrogens with one attached hydrogen (secondary N) is 3. The molecule has 0 aromatic carbocycles. The molecule has 2 aliphatic rings. The molecule has 2 amide bonds. The minimum absolute atomic E-state index is 0.00492. The smallest absolute Gasteiger partial charge is 0.328 e. The zero-order valence-electron chi connectivity index (χ0n) is 19.5. The van der Waals surface area contributed by atoms with E-state index in [9.17, 15) is 19.5 Å². The molecular weight excluding hydrogens is 450 g/mol. The van der Waals surface area contributed by atoms with Crippen LogP contribution in [0.5, 0.6) is 0 Å². The Morgan fingerprint density at radius 3 is 2.80 bits per heavy atom. The summed E-state index contributed by atoms with van der Waals surface area (Å²) in [5.41, 5.74) is 0.671. The highest BCUT2D eigenvalue weighted by Gasteiger charge is 2.31. The number of rotatable bonds is 9. The van der Waals surface area contributed by atoms with Crippen LogP contribution in [0, 0.1) is 5.92 Å². The molecule has 2 aromatic heterocycles. The van der Waals surface area contributed by atoms with Crippen molar-refractivity contribution in [2.24, 2.45) is 5.92 Å². The topological polar surface area (TPSA) is 151 Å². The molecule has 0 aliphatic carbocycles. The average Bonchev–Trinajstić information content (AvgIpc) is 3.29. The maximum Gasteiger partial charge on any atom is 0.328 e. The quantitative estimate of drug-likeness (QED) is 0.404. The van der Waals surface area contributed by atoms with E-state index in [2.05, 4.69) is 37.2 Å². The summed E-state index contributed by atoms with van der Waals surface area (Å²) in [5.74, 6) is -0.677. The van der Waals surface area contributed by atoms with Gasteiger partial charge in [0.05, 0.1) is 12.3 Å². The molecule has 2 aliphatic heterocycles. The highest BCUT2D eigenvalue weighted by Crippen LogP contribution is 2.27. The third-order valence-electron chi connectivity index (χ3n) is 6.41. The van der Waals surface area contributed by atoms with Gasteiger partial charge >= 0.3 is 5.97 Å². The lowest BCUT2D eigenvalue weighted by Gasteiger charge is -2.24. The van der Waals surface area contributed by atoms with Crippen molar-refractivity contribution in [1.29, 1.82) is 0 Å². The van der Waals surface area contributed by atoms with Crippen LogP contribution in [-0.2, 0) is 27.3 Å².